The second-order valence-corrected chi connectivity index (χ2v) is 6.24. The second kappa shape index (κ2) is 5.66. The van der Waals surface area contributed by atoms with Crippen LogP contribution in [0.4, 0.5) is 10.5 Å². The lowest BCUT2D eigenvalue weighted by Crippen LogP contribution is -2.29. The van der Waals surface area contributed by atoms with Gasteiger partial charge in [-0.1, -0.05) is 12.1 Å². The van der Waals surface area contributed by atoms with Gasteiger partial charge in [-0.05, 0) is 43.6 Å². The Hall–Kier alpha value is -1.59. The molecule has 2 saturated heterocycles. The fourth-order valence-corrected chi connectivity index (χ4v) is 3.43. The van der Waals surface area contributed by atoms with Crippen LogP contribution in [0.1, 0.15) is 18.0 Å². The summed E-state index contributed by atoms with van der Waals surface area (Å²) in [5.41, 5.74) is 8.10. The standard InChI is InChI=1S/C16H24N4O/c1-18-7-8-20(16(18)21)14-5-3-13(4-6-14)15-9-12(10-17)11-19(15)2/h3-6,12,15H,7-11,17H2,1-2H3. The van der Waals surface area contributed by atoms with Crippen molar-refractivity contribution < 1.29 is 4.79 Å². The second-order valence-electron chi connectivity index (χ2n) is 6.24. The molecule has 2 amide bonds. The van der Waals surface area contributed by atoms with Gasteiger partial charge in [0.15, 0.2) is 0 Å². The third-order valence-corrected chi connectivity index (χ3v) is 4.77. The molecular formula is C16H24N4O. The monoisotopic (exact) mass is 288 g/mol. The van der Waals surface area contributed by atoms with Crippen LogP contribution in [-0.4, -0.2) is 56.1 Å². The van der Waals surface area contributed by atoms with Gasteiger partial charge >= 0.3 is 6.03 Å². The van der Waals surface area contributed by atoms with Gasteiger partial charge in [0.25, 0.3) is 0 Å². The van der Waals surface area contributed by atoms with Gasteiger partial charge in [-0.25, -0.2) is 4.79 Å². The van der Waals surface area contributed by atoms with Crippen LogP contribution in [0.15, 0.2) is 24.3 Å². The molecule has 0 saturated carbocycles. The number of benzene rings is 1. The molecular weight excluding hydrogens is 264 g/mol. The number of anilines is 1. The Kier molecular flexibility index (Phi) is 3.87. The molecule has 2 fully saturated rings. The highest BCUT2D eigenvalue weighted by Crippen LogP contribution is 2.34. The van der Waals surface area contributed by atoms with Crippen LogP contribution in [0.3, 0.4) is 0 Å². The minimum Gasteiger partial charge on any atom is -0.330 e. The van der Waals surface area contributed by atoms with Crippen LogP contribution in [0.25, 0.3) is 0 Å². The lowest BCUT2D eigenvalue weighted by Gasteiger charge is -2.21. The molecule has 5 nitrogen and oxygen atoms in total. The van der Waals surface area contributed by atoms with Crippen molar-refractivity contribution in [3.63, 3.8) is 0 Å². The van der Waals surface area contributed by atoms with Gasteiger partial charge in [0.05, 0.1) is 0 Å². The van der Waals surface area contributed by atoms with Crippen LogP contribution in [0.2, 0.25) is 0 Å². The van der Waals surface area contributed by atoms with E-state index >= 15 is 0 Å². The lowest BCUT2D eigenvalue weighted by atomic mass is 9.99. The number of rotatable bonds is 3. The van der Waals surface area contributed by atoms with Crippen LogP contribution in [0.5, 0.6) is 0 Å². The SMILES string of the molecule is CN1CCN(c2ccc(C3CC(CN)CN3C)cc2)C1=O. The van der Waals surface area contributed by atoms with Crippen molar-refractivity contribution in [1.29, 1.82) is 0 Å². The topological polar surface area (TPSA) is 52.8 Å². The molecule has 1 aromatic carbocycles. The Labute approximate surface area is 126 Å². The van der Waals surface area contributed by atoms with E-state index in [9.17, 15) is 4.79 Å². The summed E-state index contributed by atoms with van der Waals surface area (Å²) in [5, 5.41) is 0. The number of likely N-dealkylation sites (tertiary alicyclic amines) is 1. The zero-order valence-corrected chi connectivity index (χ0v) is 12.8. The van der Waals surface area contributed by atoms with Gasteiger partial charge in [-0.15, -0.1) is 0 Å². The summed E-state index contributed by atoms with van der Waals surface area (Å²) in [7, 11) is 4.00. The Bertz CT molecular complexity index is 516. The van der Waals surface area contributed by atoms with Crippen LogP contribution in [0, 0.1) is 5.92 Å². The third-order valence-electron chi connectivity index (χ3n) is 4.77. The van der Waals surface area contributed by atoms with Crippen molar-refractivity contribution in [1.82, 2.24) is 9.80 Å². The van der Waals surface area contributed by atoms with Crippen molar-refractivity contribution in [2.45, 2.75) is 12.5 Å². The summed E-state index contributed by atoms with van der Waals surface area (Å²) >= 11 is 0. The molecule has 2 atom stereocenters. The van der Waals surface area contributed by atoms with Crippen LogP contribution < -0.4 is 10.6 Å². The van der Waals surface area contributed by atoms with Gasteiger partial charge in [-0.3, -0.25) is 9.80 Å². The number of amides is 2. The van der Waals surface area contributed by atoms with Gasteiger partial charge in [0.2, 0.25) is 0 Å². The molecule has 0 radical (unpaired) electrons. The van der Waals surface area contributed by atoms with Crippen molar-refractivity contribution in [2.24, 2.45) is 11.7 Å². The highest BCUT2D eigenvalue weighted by Gasteiger charge is 2.30. The molecule has 3 rings (SSSR count). The molecule has 5 heteroatoms. The molecule has 2 aliphatic heterocycles. The highest BCUT2D eigenvalue weighted by molar-refractivity contribution is 5.93. The number of urea groups is 1. The first-order valence-corrected chi connectivity index (χ1v) is 7.63. The molecule has 2 aliphatic rings. The number of carbonyl (C=O) groups excluding carboxylic acids is 1. The van der Waals surface area contributed by atoms with Crippen LogP contribution >= 0.6 is 0 Å². The maximum atomic E-state index is 12.0. The third kappa shape index (κ3) is 2.63. The Morgan fingerprint density at radius 2 is 1.90 bits per heavy atom. The molecule has 0 bridgehead atoms. The normalized spacial score (nSPS) is 26.9. The van der Waals surface area contributed by atoms with Crippen LogP contribution in [-0.2, 0) is 0 Å². The first-order chi connectivity index (χ1) is 10.1. The molecule has 2 unspecified atom stereocenters. The van der Waals surface area contributed by atoms with Crippen molar-refractivity contribution in [3.05, 3.63) is 29.8 Å². The van der Waals surface area contributed by atoms with E-state index < -0.39 is 0 Å². The fraction of sp³-hybridized carbons (Fsp3) is 0.562. The van der Waals surface area contributed by atoms with E-state index in [0.29, 0.717) is 12.0 Å². The minimum atomic E-state index is 0.0870. The van der Waals surface area contributed by atoms with E-state index in [1.807, 2.05) is 11.9 Å². The average Bonchev–Trinajstić information content (AvgIpc) is 3.03. The van der Waals surface area contributed by atoms with E-state index in [2.05, 4.69) is 36.2 Å². The van der Waals surface area contributed by atoms with E-state index in [1.165, 1.54) is 5.56 Å². The van der Waals surface area contributed by atoms with Crippen molar-refractivity contribution in [2.75, 3.05) is 45.2 Å². The quantitative estimate of drug-likeness (QED) is 0.917. The molecule has 0 aliphatic carbocycles. The number of nitrogens with zero attached hydrogens (tertiary/aromatic N) is 3. The Balaban J connectivity index is 1.74. The molecule has 0 spiro atoms. The molecule has 2 heterocycles. The number of hydrogen-bond donors (Lipinski definition) is 1. The summed E-state index contributed by atoms with van der Waals surface area (Å²) in [5.74, 6) is 0.591. The summed E-state index contributed by atoms with van der Waals surface area (Å²) in [6.07, 6.45) is 1.12. The average molecular weight is 288 g/mol. The largest absolute Gasteiger partial charge is 0.330 e. The van der Waals surface area contributed by atoms with E-state index in [4.69, 9.17) is 5.73 Å². The molecule has 0 aromatic heterocycles. The summed E-state index contributed by atoms with van der Waals surface area (Å²) in [4.78, 5) is 18.0. The predicted molar refractivity (Wildman–Crippen MR) is 84.3 cm³/mol. The highest BCUT2D eigenvalue weighted by atomic mass is 16.2. The zero-order valence-electron chi connectivity index (χ0n) is 12.8. The van der Waals surface area contributed by atoms with Gasteiger partial charge in [0, 0.05) is 38.4 Å². The van der Waals surface area contributed by atoms with Gasteiger partial charge in [0.1, 0.15) is 0 Å². The van der Waals surface area contributed by atoms with E-state index in [-0.39, 0.29) is 6.03 Å². The summed E-state index contributed by atoms with van der Waals surface area (Å²) < 4.78 is 0. The summed E-state index contributed by atoms with van der Waals surface area (Å²) in [6, 6.07) is 8.97. The molecule has 1 aromatic rings. The molecule has 21 heavy (non-hydrogen) atoms. The maximum Gasteiger partial charge on any atom is 0.324 e. The Morgan fingerprint density at radius 3 is 2.43 bits per heavy atom. The van der Waals surface area contributed by atoms with Crippen molar-refractivity contribution >= 4 is 11.7 Å². The number of nitrogens with two attached hydrogens (primary N) is 1. The molecule has 2 N–H and O–H groups in total. The minimum absolute atomic E-state index is 0.0870. The predicted octanol–water partition coefficient (Wildman–Crippen LogP) is 1.51. The lowest BCUT2D eigenvalue weighted by molar-refractivity contribution is 0.229. The Morgan fingerprint density at radius 1 is 1.19 bits per heavy atom. The summed E-state index contributed by atoms with van der Waals surface area (Å²) in [6.45, 7) is 3.39. The maximum absolute atomic E-state index is 12.0. The van der Waals surface area contributed by atoms with E-state index in [1.54, 1.807) is 4.90 Å². The molecule has 114 valence electrons. The van der Waals surface area contributed by atoms with E-state index in [0.717, 1.165) is 38.3 Å². The first kappa shape index (κ1) is 14.4. The van der Waals surface area contributed by atoms with Gasteiger partial charge in [-0.2, -0.15) is 0 Å². The van der Waals surface area contributed by atoms with Gasteiger partial charge < -0.3 is 10.6 Å². The number of hydrogen-bond acceptors (Lipinski definition) is 3. The smallest absolute Gasteiger partial charge is 0.324 e. The number of likely N-dealkylation sites (N-methyl/N-ethyl adjacent to an activating group) is 1. The fourth-order valence-electron chi connectivity index (χ4n) is 3.43. The van der Waals surface area contributed by atoms with Crippen molar-refractivity contribution in [3.8, 4) is 0 Å². The first-order valence-electron chi connectivity index (χ1n) is 7.63. The zero-order chi connectivity index (χ0) is 15.0. The number of carbonyl (C=O) groups is 1.